The third-order valence-electron chi connectivity index (χ3n) is 5.95. The number of allylic oxidation sites excluding steroid dienone is 1. The lowest BCUT2D eigenvalue weighted by atomic mass is 9.62. The summed E-state index contributed by atoms with van der Waals surface area (Å²) in [5.74, 6) is 0.294. The van der Waals surface area contributed by atoms with Crippen LogP contribution in [0.5, 0.6) is 0 Å². The molecule has 0 spiro atoms. The number of epoxide rings is 1. The van der Waals surface area contributed by atoms with Crippen molar-refractivity contribution in [3.8, 4) is 0 Å². The Morgan fingerprint density at radius 1 is 0.613 bits per heavy atom. The van der Waals surface area contributed by atoms with Gasteiger partial charge in [0.05, 0.1) is 12.0 Å². The molecule has 1 aliphatic heterocycles. The lowest BCUT2D eigenvalue weighted by molar-refractivity contribution is 0.325. The summed E-state index contributed by atoms with van der Waals surface area (Å²) < 4.78 is 5.57. The first-order valence-corrected chi connectivity index (χ1v) is 10.6. The molecular weight excluding hydrogens is 380 g/mol. The Morgan fingerprint density at radius 3 is 1.32 bits per heavy atom. The lowest BCUT2D eigenvalue weighted by Gasteiger charge is -2.39. The number of hydrogen-bond acceptors (Lipinski definition) is 2. The molecule has 1 heterocycles. The highest BCUT2D eigenvalue weighted by Gasteiger charge is 2.45. The van der Waals surface area contributed by atoms with Crippen molar-refractivity contribution in [1.82, 2.24) is 0 Å². The van der Waals surface area contributed by atoms with Gasteiger partial charge in [0.15, 0.2) is 0 Å². The van der Waals surface area contributed by atoms with E-state index in [0.29, 0.717) is 12.4 Å². The molecule has 0 aliphatic carbocycles. The van der Waals surface area contributed by atoms with Crippen LogP contribution in [0.25, 0.3) is 5.57 Å². The fourth-order valence-corrected chi connectivity index (χ4v) is 4.53. The molecule has 1 aliphatic rings. The Morgan fingerprint density at radius 2 is 0.968 bits per heavy atom. The highest BCUT2D eigenvalue weighted by atomic mass is 16.6. The predicted octanol–water partition coefficient (Wildman–Crippen LogP) is 6.39. The predicted molar refractivity (Wildman–Crippen MR) is 125 cm³/mol. The van der Waals surface area contributed by atoms with Crippen molar-refractivity contribution in [2.24, 2.45) is 0 Å². The zero-order chi connectivity index (χ0) is 21.1. The smallest absolute Gasteiger partial charge is 0.138 e. The Kier molecular flexibility index (Phi) is 5.15. The summed E-state index contributed by atoms with van der Waals surface area (Å²) in [6, 6.07) is 41.5. The average Bonchev–Trinajstić information content (AvgIpc) is 3.70. The third kappa shape index (κ3) is 3.45. The van der Waals surface area contributed by atoms with Crippen LogP contribution in [-0.4, -0.2) is 17.8 Å². The molecule has 0 aromatic heterocycles. The van der Waals surface area contributed by atoms with E-state index in [0.717, 1.165) is 27.8 Å². The van der Waals surface area contributed by atoms with Crippen LogP contribution in [0.4, 0.5) is 0 Å². The van der Waals surface area contributed by atoms with Crippen molar-refractivity contribution >= 4 is 5.57 Å². The van der Waals surface area contributed by atoms with E-state index >= 15 is 0 Å². The van der Waals surface area contributed by atoms with E-state index < -0.39 is 5.41 Å². The van der Waals surface area contributed by atoms with Crippen LogP contribution in [0.2, 0.25) is 0 Å². The summed E-state index contributed by atoms with van der Waals surface area (Å²) in [5.41, 5.74) is 4.42. The maximum atomic E-state index is 11.6. The van der Waals surface area contributed by atoms with Crippen molar-refractivity contribution in [1.29, 1.82) is 0 Å². The molecule has 152 valence electrons. The van der Waals surface area contributed by atoms with Crippen molar-refractivity contribution in [3.63, 3.8) is 0 Å². The number of benzene rings is 4. The Labute approximate surface area is 183 Å². The van der Waals surface area contributed by atoms with Gasteiger partial charge < -0.3 is 9.84 Å². The summed E-state index contributed by atoms with van der Waals surface area (Å²) in [6.07, 6.45) is -0.272. The fraction of sp³-hybridized carbons (Fsp3) is 0.103. The molecule has 0 unspecified atom stereocenters. The average molecular weight is 405 g/mol. The van der Waals surface area contributed by atoms with Gasteiger partial charge in [0, 0.05) is 5.57 Å². The third-order valence-corrected chi connectivity index (χ3v) is 5.95. The molecule has 1 N–H and O–H groups in total. The second-order valence-corrected chi connectivity index (χ2v) is 7.80. The van der Waals surface area contributed by atoms with Crippen LogP contribution in [0, 0.1) is 0 Å². The maximum Gasteiger partial charge on any atom is 0.138 e. The molecule has 1 fully saturated rings. The van der Waals surface area contributed by atoms with Crippen molar-refractivity contribution in [2.45, 2.75) is 11.5 Å². The minimum atomic E-state index is -0.707. The molecule has 2 heteroatoms. The first-order valence-electron chi connectivity index (χ1n) is 10.6. The van der Waals surface area contributed by atoms with E-state index in [2.05, 4.69) is 84.9 Å². The molecule has 0 bridgehead atoms. The molecule has 2 nitrogen and oxygen atoms in total. The Bertz CT molecular complexity index is 1070. The van der Waals surface area contributed by atoms with E-state index in [1.165, 1.54) is 0 Å². The van der Waals surface area contributed by atoms with Crippen LogP contribution in [0.15, 0.2) is 127 Å². The van der Waals surface area contributed by atoms with Gasteiger partial charge in [-0.1, -0.05) is 121 Å². The number of hydrogen-bond donors (Lipinski definition) is 1. The minimum absolute atomic E-state index is 0.272. The Balaban J connectivity index is 1.95. The molecule has 4 aromatic rings. The van der Waals surface area contributed by atoms with Gasteiger partial charge in [-0.05, 0) is 22.3 Å². The Hall–Kier alpha value is -3.62. The van der Waals surface area contributed by atoms with Crippen molar-refractivity contribution in [2.75, 3.05) is 6.61 Å². The van der Waals surface area contributed by atoms with Crippen LogP contribution in [0.1, 0.15) is 22.3 Å². The van der Waals surface area contributed by atoms with Gasteiger partial charge >= 0.3 is 0 Å². The summed E-state index contributed by atoms with van der Waals surface area (Å²) in [4.78, 5) is 0. The molecule has 31 heavy (non-hydrogen) atoms. The molecular formula is C29H24O2. The van der Waals surface area contributed by atoms with Gasteiger partial charge in [-0.3, -0.25) is 0 Å². The summed E-state index contributed by atoms with van der Waals surface area (Å²) in [7, 11) is 0. The van der Waals surface area contributed by atoms with Crippen molar-refractivity contribution in [3.05, 3.63) is 149 Å². The van der Waals surface area contributed by atoms with E-state index in [1.54, 1.807) is 0 Å². The minimum Gasteiger partial charge on any atom is -0.509 e. The van der Waals surface area contributed by atoms with Gasteiger partial charge in [0.25, 0.3) is 0 Å². The van der Waals surface area contributed by atoms with E-state index in [-0.39, 0.29) is 6.10 Å². The fourth-order valence-electron chi connectivity index (χ4n) is 4.53. The zero-order valence-electron chi connectivity index (χ0n) is 17.2. The normalized spacial score (nSPS) is 16.5. The van der Waals surface area contributed by atoms with Crippen LogP contribution >= 0.6 is 0 Å². The summed E-state index contributed by atoms with van der Waals surface area (Å²) >= 11 is 0. The molecule has 0 amide bonds. The number of rotatable bonds is 6. The molecule has 5 rings (SSSR count). The molecule has 4 aromatic carbocycles. The number of aliphatic hydroxyl groups is 1. The quantitative estimate of drug-likeness (QED) is 0.229. The topological polar surface area (TPSA) is 32.8 Å². The van der Waals surface area contributed by atoms with Crippen molar-refractivity contribution < 1.29 is 9.84 Å². The standard InChI is InChI=1S/C29H24O2/c30-28(26-21-31-26)27(22-13-5-1-6-14-22)29(23-15-7-2-8-16-23,24-17-9-3-10-18-24)25-19-11-4-12-20-25/h1-20,26,30H,21H2/t26-/m1/s1. The van der Waals surface area contributed by atoms with Gasteiger partial charge in [-0.15, -0.1) is 0 Å². The first-order chi connectivity index (χ1) is 15.3. The second-order valence-electron chi connectivity index (χ2n) is 7.80. The molecule has 0 saturated carbocycles. The highest BCUT2D eigenvalue weighted by Crippen LogP contribution is 2.51. The van der Waals surface area contributed by atoms with E-state index in [1.807, 2.05) is 36.4 Å². The lowest BCUT2D eigenvalue weighted by Crippen LogP contribution is -2.32. The van der Waals surface area contributed by atoms with Gasteiger partial charge in [0.2, 0.25) is 0 Å². The highest BCUT2D eigenvalue weighted by molar-refractivity contribution is 5.85. The molecule has 1 atom stereocenters. The van der Waals surface area contributed by atoms with E-state index in [4.69, 9.17) is 4.74 Å². The molecule has 1 saturated heterocycles. The SMILES string of the molecule is OC(=C(c1ccccc1)C(c1ccccc1)(c1ccccc1)c1ccccc1)[C@H]1CO1. The maximum absolute atomic E-state index is 11.6. The number of aliphatic hydroxyl groups excluding tert-OH is 1. The first kappa shape index (κ1) is 19.3. The van der Waals surface area contributed by atoms with Crippen LogP contribution in [-0.2, 0) is 10.2 Å². The molecule has 0 radical (unpaired) electrons. The summed E-state index contributed by atoms with van der Waals surface area (Å²) in [6.45, 7) is 0.538. The van der Waals surface area contributed by atoms with Gasteiger partial charge in [0.1, 0.15) is 11.9 Å². The van der Waals surface area contributed by atoms with E-state index in [9.17, 15) is 5.11 Å². The van der Waals surface area contributed by atoms with Gasteiger partial charge in [-0.25, -0.2) is 0 Å². The van der Waals surface area contributed by atoms with Crippen LogP contribution in [0.3, 0.4) is 0 Å². The number of ether oxygens (including phenoxy) is 1. The van der Waals surface area contributed by atoms with Gasteiger partial charge in [-0.2, -0.15) is 0 Å². The summed E-state index contributed by atoms with van der Waals surface area (Å²) in [5, 5.41) is 11.6. The largest absolute Gasteiger partial charge is 0.509 e. The second kappa shape index (κ2) is 8.25. The van der Waals surface area contributed by atoms with Crippen LogP contribution < -0.4 is 0 Å². The monoisotopic (exact) mass is 404 g/mol. The zero-order valence-corrected chi connectivity index (χ0v) is 17.2.